The number of hydrogen-bond acceptors (Lipinski definition) is 6. The molecule has 0 aliphatic carbocycles. The lowest BCUT2D eigenvalue weighted by Crippen LogP contribution is -2.56. The molecule has 0 bridgehead atoms. The number of amides is 1. The van der Waals surface area contributed by atoms with E-state index in [1.54, 1.807) is 36.4 Å². The van der Waals surface area contributed by atoms with Crippen LogP contribution in [-0.4, -0.2) is 32.7 Å². The van der Waals surface area contributed by atoms with E-state index >= 15 is 0 Å². The predicted octanol–water partition coefficient (Wildman–Crippen LogP) is 1.71. The van der Waals surface area contributed by atoms with E-state index in [1.807, 2.05) is 0 Å². The van der Waals surface area contributed by atoms with Crippen LogP contribution in [0.5, 0.6) is 5.75 Å². The second-order valence-corrected chi connectivity index (χ2v) is 8.22. The van der Waals surface area contributed by atoms with Crippen LogP contribution in [0.25, 0.3) is 0 Å². The zero-order valence-corrected chi connectivity index (χ0v) is 16.5. The summed E-state index contributed by atoms with van der Waals surface area (Å²) in [4.78, 5) is 11.7. The number of primary amides is 1. The van der Waals surface area contributed by atoms with Gasteiger partial charge in [-0.2, -0.15) is 8.42 Å². The van der Waals surface area contributed by atoms with Crippen LogP contribution in [0.15, 0.2) is 48.5 Å². The first kappa shape index (κ1) is 21.8. The highest BCUT2D eigenvalue weighted by Gasteiger charge is 2.32. The molecule has 0 aliphatic rings. The van der Waals surface area contributed by atoms with Crippen molar-refractivity contribution in [3.8, 4) is 5.75 Å². The third kappa shape index (κ3) is 6.91. The molecule has 2 aromatic carbocycles. The first-order valence-electron chi connectivity index (χ1n) is 8.43. The molecule has 3 N–H and O–H groups in total. The van der Waals surface area contributed by atoms with E-state index in [4.69, 9.17) is 14.7 Å². The van der Waals surface area contributed by atoms with E-state index in [0.29, 0.717) is 11.3 Å². The van der Waals surface area contributed by atoms with Crippen molar-refractivity contribution in [1.82, 2.24) is 5.32 Å². The average molecular weight is 410 g/mol. The molecule has 0 spiro atoms. The van der Waals surface area contributed by atoms with Gasteiger partial charge < -0.3 is 10.5 Å². The zero-order chi connectivity index (χ0) is 20.8. The van der Waals surface area contributed by atoms with Crippen molar-refractivity contribution in [3.63, 3.8) is 0 Å². The Labute approximate surface area is 163 Å². The standard InChI is InChI=1S/C19H23FN2O5S/c1-19(18(21)23,13-27-28(2,24)25)22-11-14-6-8-17(9-7-14)26-12-15-4-3-5-16(20)10-15/h3-10,22H,11-13H2,1-2H3,(H2,21,23). The summed E-state index contributed by atoms with van der Waals surface area (Å²) in [7, 11) is -3.70. The zero-order valence-electron chi connectivity index (χ0n) is 15.6. The van der Waals surface area contributed by atoms with Crippen molar-refractivity contribution < 1.29 is 26.5 Å². The lowest BCUT2D eigenvalue weighted by Gasteiger charge is -2.26. The molecule has 2 rings (SSSR count). The SMILES string of the molecule is CC(COS(C)(=O)=O)(NCc1ccc(OCc2cccc(F)c2)cc1)C(N)=O. The monoisotopic (exact) mass is 410 g/mol. The molecule has 0 radical (unpaired) electrons. The third-order valence-electron chi connectivity index (χ3n) is 4.01. The molecule has 0 fully saturated rings. The molecule has 1 unspecified atom stereocenters. The van der Waals surface area contributed by atoms with Gasteiger partial charge in [-0.15, -0.1) is 0 Å². The first-order valence-corrected chi connectivity index (χ1v) is 10.2. The Morgan fingerprint density at radius 3 is 2.43 bits per heavy atom. The Kier molecular flexibility index (Phi) is 7.11. The number of hydrogen-bond donors (Lipinski definition) is 2. The van der Waals surface area contributed by atoms with Crippen LogP contribution in [0.1, 0.15) is 18.1 Å². The van der Waals surface area contributed by atoms with Crippen molar-refractivity contribution >= 4 is 16.0 Å². The minimum atomic E-state index is -3.70. The highest BCUT2D eigenvalue weighted by molar-refractivity contribution is 7.85. The van der Waals surface area contributed by atoms with Gasteiger partial charge in [-0.1, -0.05) is 24.3 Å². The Balaban J connectivity index is 1.92. The van der Waals surface area contributed by atoms with E-state index in [1.165, 1.54) is 19.1 Å². The average Bonchev–Trinajstić information content (AvgIpc) is 2.63. The largest absolute Gasteiger partial charge is 0.489 e. The van der Waals surface area contributed by atoms with Gasteiger partial charge in [0.1, 0.15) is 23.7 Å². The predicted molar refractivity (Wildman–Crippen MR) is 102 cm³/mol. The molecular weight excluding hydrogens is 387 g/mol. The van der Waals surface area contributed by atoms with Gasteiger partial charge in [0, 0.05) is 6.54 Å². The fourth-order valence-corrected chi connectivity index (χ4v) is 2.68. The fraction of sp³-hybridized carbons (Fsp3) is 0.316. The minimum absolute atomic E-state index is 0.234. The van der Waals surface area contributed by atoms with Gasteiger partial charge in [-0.05, 0) is 42.3 Å². The number of ether oxygens (including phenoxy) is 1. The van der Waals surface area contributed by atoms with Gasteiger partial charge in [-0.25, -0.2) is 4.39 Å². The number of nitrogens with two attached hydrogens (primary N) is 1. The van der Waals surface area contributed by atoms with Crippen LogP contribution in [0.2, 0.25) is 0 Å². The maximum Gasteiger partial charge on any atom is 0.264 e. The maximum atomic E-state index is 13.2. The molecular formula is C19H23FN2O5S. The van der Waals surface area contributed by atoms with Crippen LogP contribution in [0.4, 0.5) is 4.39 Å². The van der Waals surface area contributed by atoms with Gasteiger partial charge >= 0.3 is 0 Å². The third-order valence-corrected chi connectivity index (χ3v) is 4.55. The fourth-order valence-electron chi connectivity index (χ4n) is 2.23. The highest BCUT2D eigenvalue weighted by Crippen LogP contribution is 2.16. The summed E-state index contributed by atoms with van der Waals surface area (Å²) >= 11 is 0. The molecule has 0 saturated heterocycles. The quantitative estimate of drug-likeness (QED) is 0.578. The van der Waals surface area contributed by atoms with Crippen LogP contribution in [0, 0.1) is 5.82 Å². The number of rotatable bonds is 10. The Morgan fingerprint density at radius 2 is 1.86 bits per heavy atom. The van der Waals surface area contributed by atoms with Crippen LogP contribution in [0.3, 0.4) is 0 Å². The summed E-state index contributed by atoms with van der Waals surface area (Å²) < 4.78 is 45.8. The molecule has 7 nitrogen and oxygen atoms in total. The van der Waals surface area contributed by atoms with Crippen molar-refractivity contribution in [3.05, 3.63) is 65.5 Å². The van der Waals surface area contributed by atoms with Gasteiger partial charge in [0.05, 0.1) is 12.9 Å². The molecule has 2 aromatic rings. The topological polar surface area (TPSA) is 108 Å². The van der Waals surface area contributed by atoms with Gasteiger partial charge in [0.2, 0.25) is 5.91 Å². The van der Waals surface area contributed by atoms with Crippen molar-refractivity contribution in [2.75, 3.05) is 12.9 Å². The van der Waals surface area contributed by atoms with Crippen molar-refractivity contribution in [1.29, 1.82) is 0 Å². The van der Waals surface area contributed by atoms with E-state index in [0.717, 1.165) is 11.8 Å². The summed E-state index contributed by atoms with van der Waals surface area (Å²) in [6.07, 6.45) is 0.900. The number of halogens is 1. The number of nitrogens with one attached hydrogen (secondary N) is 1. The second-order valence-electron chi connectivity index (χ2n) is 6.58. The van der Waals surface area contributed by atoms with Gasteiger partial charge in [0.25, 0.3) is 10.1 Å². The first-order chi connectivity index (χ1) is 13.1. The Morgan fingerprint density at radius 1 is 1.18 bits per heavy atom. The molecule has 0 aliphatic heterocycles. The number of carbonyl (C=O) groups is 1. The maximum absolute atomic E-state index is 13.2. The van der Waals surface area contributed by atoms with Gasteiger partial charge in [0.15, 0.2) is 0 Å². The van der Waals surface area contributed by atoms with E-state index in [9.17, 15) is 17.6 Å². The molecule has 0 saturated carbocycles. The molecule has 0 heterocycles. The Bertz CT molecular complexity index is 918. The summed E-state index contributed by atoms with van der Waals surface area (Å²) in [5.41, 5.74) is 5.56. The van der Waals surface area contributed by atoms with E-state index < -0.39 is 28.2 Å². The molecule has 9 heteroatoms. The molecule has 0 aromatic heterocycles. The number of benzene rings is 2. The van der Waals surface area contributed by atoms with Crippen LogP contribution < -0.4 is 15.8 Å². The minimum Gasteiger partial charge on any atom is -0.489 e. The van der Waals surface area contributed by atoms with Crippen LogP contribution in [-0.2, 0) is 32.2 Å². The second kappa shape index (κ2) is 9.13. The van der Waals surface area contributed by atoms with E-state index in [2.05, 4.69) is 5.32 Å². The van der Waals surface area contributed by atoms with E-state index in [-0.39, 0.29) is 19.0 Å². The van der Waals surface area contributed by atoms with Crippen molar-refractivity contribution in [2.45, 2.75) is 25.6 Å². The van der Waals surface area contributed by atoms with Crippen LogP contribution >= 0.6 is 0 Å². The lowest BCUT2D eigenvalue weighted by molar-refractivity contribution is -0.125. The molecule has 28 heavy (non-hydrogen) atoms. The molecule has 1 atom stereocenters. The molecule has 152 valence electrons. The van der Waals surface area contributed by atoms with Gasteiger partial charge in [-0.3, -0.25) is 14.3 Å². The normalized spacial score (nSPS) is 13.7. The summed E-state index contributed by atoms with van der Waals surface area (Å²) in [6.45, 7) is 1.56. The summed E-state index contributed by atoms with van der Waals surface area (Å²) in [6, 6.07) is 13.2. The highest BCUT2D eigenvalue weighted by atomic mass is 32.2. The molecule has 1 amide bonds. The van der Waals surface area contributed by atoms with Crippen molar-refractivity contribution in [2.24, 2.45) is 5.73 Å². The summed E-state index contributed by atoms with van der Waals surface area (Å²) in [5.74, 6) is -0.447. The Hall–Kier alpha value is -2.49. The lowest BCUT2D eigenvalue weighted by atomic mass is 10.0. The smallest absolute Gasteiger partial charge is 0.264 e. The summed E-state index contributed by atoms with van der Waals surface area (Å²) in [5, 5.41) is 2.92. The number of carbonyl (C=O) groups excluding carboxylic acids is 1.